The fourth-order valence-corrected chi connectivity index (χ4v) is 2.88. The second-order valence-corrected chi connectivity index (χ2v) is 6.36. The molecule has 0 radical (unpaired) electrons. The molecule has 2 rings (SSSR count). The number of alkyl halides is 3. The van der Waals surface area contributed by atoms with Crippen LogP contribution in [0.1, 0.15) is 15.9 Å². The van der Waals surface area contributed by atoms with E-state index in [2.05, 4.69) is 5.32 Å². The van der Waals surface area contributed by atoms with E-state index in [1.165, 1.54) is 36.3 Å². The van der Waals surface area contributed by atoms with Gasteiger partial charge in [0.1, 0.15) is 0 Å². The molecule has 0 atom stereocenters. The minimum Gasteiger partial charge on any atom is -0.494 e. The van der Waals surface area contributed by atoms with Gasteiger partial charge in [-0.2, -0.15) is 13.2 Å². The van der Waals surface area contributed by atoms with Crippen molar-refractivity contribution in [3.05, 3.63) is 51.5 Å². The van der Waals surface area contributed by atoms with Gasteiger partial charge in [0, 0.05) is 25.3 Å². The van der Waals surface area contributed by atoms with E-state index in [1.807, 2.05) is 0 Å². The average Bonchev–Trinajstić information content (AvgIpc) is 2.53. The number of hydrogen-bond acceptors (Lipinski definition) is 3. The molecule has 140 valence electrons. The smallest absolute Gasteiger partial charge is 0.418 e. The number of benzene rings is 2. The molecule has 1 amide bonds. The number of ether oxygens (including phenoxy) is 1. The summed E-state index contributed by atoms with van der Waals surface area (Å²) < 4.78 is 45.0. The zero-order valence-electron chi connectivity index (χ0n) is 14.0. The van der Waals surface area contributed by atoms with Crippen molar-refractivity contribution in [2.75, 3.05) is 31.4 Å². The fourth-order valence-electron chi connectivity index (χ4n) is 2.23. The molecule has 9 heteroatoms. The van der Waals surface area contributed by atoms with Crippen LogP contribution < -0.4 is 15.0 Å². The SMILES string of the molecule is COc1c(Cl)cc(C(=O)Nc2ccc(N(C)C)cc2C(F)(F)F)cc1Cl. The first kappa shape index (κ1) is 20.2. The molecule has 0 bridgehead atoms. The fraction of sp³-hybridized carbons (Fsp3) is 0.235. The zero-order chi connectivity index (χ0) is 19.6. The highest BCUT2D eigenvalue weighted by Crippen LogP contribution is 2.38. The molecule has 4 nitrogen and oxygen atoms in total. The number of anilines is 2. The van der Waals surface area contributed by atoms with Crippen molar-refractivity contribution in [3.8, 4) is 5.75 Å². The lowest BCUT2D eigenvalue weighted by atomic mass is 10.1. The summed E-state index contributed by atoms with van der Waals surface area (Å²) in [7, 11) is 4.60. The summed E-state index contributed by atoms with van der Waals surface area (Å²) in [6, 6.07) is 6.16. The third-order valence-corrected chi connectivity index (χ3v) is 4.10. The Morgan fingerprint density at radius 3 is 2.15 bits per heavy atom. The molecule has 0 saturated heterocycles. The average molecular weight is 407 g/mol. The Morgan fingerprint density at radius 2 is 1.69 bits per heavy atom. The Hall–Kier alpha value is -2.12. The van der Waals surface area contributed by atoms with Gasteiger partial charge in [0.25, 0.3) is 5.91 Å². The number of halogens is 5. The number of nitrogens with zero attached hydrogens (tertiary/aromatic N) is 1. The molecule has 0 heterocycles. The molecule has 0 aliphatic carbocycles. The van der Waals surface area contributed by atoms with Crippen molar-refractivity contribution in [2.24, 2.45) is 0 Å². The van der Waals surface area contributed by atoms with E-state index in [0.29, 0.717) is 5.69 Å². The van der Waals surface area contributed by atoms with Gasteiger partial charge in [-0.1, -0.05) is 23.2 Å². The van der Waals surface area contributed by atoms with Crippen LogP contribution in [0.4, 0.5) is 24.5 Å². The van der Waals surface area contributed by atoms with Crippen LogP contribution in [0.2, 0.25) is 10.0 Å². The van der Waals surface area contributed by atoms with Gasteiger partial charge in [-0.25, -0.2) is 0 Å². The topological polar surface area (TPSA) is 41.6 Å². The van der Waals surface area contributed by atoms with Crippen LogP contribution in [0, 0.1) is 0 Å². The summed E-state index contributed by atoms with van der Waals surface area (Å²) in [5.74, 6) is -0.601. The Morgan fingerprint density at radius 1 is 1.12 bits per heavy atom. The molecular weight excluding hydrogens is 392 g/mol. The van der Waals surface area contributed by atoms with Gasteiger partial charge in [-0.3, -0.25) is 4.79 Å². The molecule has 1 N–H and O–H groups in total. The first-order chi connectivity index (χ1) is 12.0. The van der Waals surface area contributed by atoms with Crippen molar-refractivity contribution >= 4 is 40.5 Å². The van der Waals surface area contributed by atoms with Crippen LogP contribution in [-0.4, -0.2) is 27.1 Å². The molecule has 0 spiro atoms. The van der Waals surface area contributed by atoms with Gasteiger partial charge in [0.2, 0.25) is 0 Å². The van der Waals surface area contributed by atoms with Gasteiger partial charge < -0.3 is 15.0 Å². The highest BCUT2D eigenvalue weighted by atomic mass is 35.5. The summed E-state index contributed by atoms with van der Waals surface area (Å²) in [5, 5.41) is 2.40. The molecule has 0 aliphatic heterocycles. The lowest BCUT2D eigenvalue weighted by Gasteiger charge is -2.19. The van der Waals surface area contributed by atoms with E-state index in [1.54, 1.807) is 14.1 Å². The molecule has 0 aromatic heterocycles. The molecule has 2 aromatic carbocycles. The van der Waals surface area contributed by atoms with Crippen molar-refractivity contribution in [1.82, 2.24) is 0 Å². The van der Waals surface area contributed by atoms with Gasteiger partial charge in [-0.15, -0.1) is 0 Å². The highest BCUT2D eigenvalue weighted by Gasteiger charge is 2.34. The number of amides is 1. The number of methoxy groups -OCH3 is 1. The number of hydrogen-bond donors (Lipinski definition) is 1. The first-order valence-corrected chi connectivity index (χ1v) is 8.03. The van der Waals surface area contributed by atoms with Crippen LogP contribution in [0.3, 0.4) is 0 Å². The van der Waals surface area contributed by atoms with Gasteiger partial charge in [0.05, 0.1) is 28.4 Å². The molecular formula is C17H15Cl2F3N2O2. The predicted octanol–water partition coefficient (Wildman–Crippen LogP) is 5.34. The van der Waals surface area contributed by atoms with Gasteiger partial charge in [0.15, 0.2) is 5.75 Å². The van der Waals surface area contributed by atoms with Gasteiger partial charge >= 0.3 is 6.18 Å². The zero-order valence-corrected chi connectivity index (χ0v) is 15.6. The Labute approximate surface area is 158 Å². The number of carbonyl (C=O) groups excluding carboxylic acids is 1. The summed E-state index contributed by atoms with van der Waals surface area (Å²) >= 11 is 11.9. The second kappa shape index (κ2) is 7.63. The summed E-state index contributed by atoms with van der Waals surface area (Å²) in [6.07, 6.45) is -4.64. The third-order valence-electron chi connectivity index (χ3n) is 3.54. The van der Waals surface area contributed by atoms with E-state index in [9.17, 15) is 18.0 Å². The molecule has 26 heavy (non-hydrogen) atoms. The number of carbonyl (C=O) groups is 1. The summed E-state index contributed by atoms with van der Waals surface area (Å²) in [6.45, 7) is 0. The van der Waals surface area contributed by atoms with Crippen LogP contribution in [-0.2, 0) is 6.18 Å². The predicted molar refractivity (Wildman–Crippen MR) is 96.7 cm³/mol. The van der Waals surface area contributed by atoms with E-state index in [0.717, 1.165) is 6.07 Å². The molecule has 0 fully saturated rings. The minimum absolute atomic E-state index is 0.00520. The maximum absolute atomic E-state index is 13.3. The second-order valence-electron chi connectivity index (χ2n) is 5.55. The largest absolute Gasteiger partial charge is 0.494 e. The number of rotatable bonds is 4. The van der Waals surface area contributed by atoms with Crippen LogP contribution >= 0.6 is 23.2 Å². The lowest BCUT2D eigenvalue weighted by Crippen LogP contribution is -2.18. The monoisotopic (exact) mass is 406 g/mol. The maximum atomic E-state index is 13.3. The highest BCUT2D eigenvalue weighted by molar-refractivity contribution is 6.37. The molecule has 0 unspecified atom stereocenters. The van der Waals surface area contributed by atoms with E-state index < -0.39 is 17.6 Å². The normalized spacial score (nSPS) is 11.2. The van der Waals surface area contributed by atoms with Crippen LogP contribution in [0.15, 0.2) is 30.3 Å². The summed E-state index contributed by atoms with van der Waals surface area (Å²) in [4.78, 5) is 13.9. The maximum Gasteiger partial charge on any atom is 0.418 e. The van der Waals surface area contributed by atoms with Crippen molar-refractivity contribution in [1.29, 1.82) is 0 Å². The first-order valence-electron chi connectivity index (χ1n) is 7.27. The molecule has 0 saturated carbocycles. The minimum atomic E-state index is -4.64. The Bertz CT molecular complexity index is 816. The van der Waals surface area contributed by atoms with Crippen LogP contribution in [0.25, 0.3) is 0 Å². The van der Waals surface area contributed by atoms with Crippen molar-refractivity contribution in [2.45, 2.75) is 6.18 Å². The number of nitrogens with one attached hydrogen (secondary N) is 1. The lowest BCUT2D eigenvalue weighted by molar-refractivity contribution is -0.136. The van der Waals surface area contributed by atoms with E-state index in [4.69, 9.17) is 27.9 Å². The van der Waals surface area contributed by atoms with E-state index >= 15 is 0 Å². The van der Waals surface area contributed by atoms with E-state index in [-0.39, 0.29) is 27.0 Å². The standard InChI is InChI=1S/C17H15Cl2F3N2O2/c1-24(2)10-4-5-14(11(8-10)17(20,21)22)23-16(25)9-6-12(18)15(26-3)13(19)7-9/h4-8H,1-3H3,(H,23,25). The third kappa shape index (κ3) is 4.34. The van der Waals surface area contributed by atoms with Gasteiger partial charge in [-0.05, 0) is 30.3 Å². The quantitative estimate of drug-likeness (QED) is 0.744. The van der Waals surface area contributed by atoms with Crippen molar-refractivity contribution in [3.63, 3.8) is 0 Å². The summed E-state index contributed by atoms with van der Waals surface area (Å²) in [5.41, 5.74) is -0.963. The Kier molecular flexibility index (Phi) is 5.93. The molecule has 2 aromatic rings. The molecule has 0 aliphatic rings. The van der Waals surface area contributed by atoms with Crippen LogP contribution in [0.5, 0.6) is 5.75 Å². The van der Waals surface area contributed by atoms with Crippen molar-refractivity contribution < 1.29 is 22.7 Å². The Balaban J connectivity index is 2.40.